The molecule has 0 aromatic rings. The highest BCUT2D eigenvalue weighted by Gasteiger charge is 2.51. The number of hydrogen-bond donors (Lipinski definition) is 3. The van der Waals surface area contributed by atoms with E-state index in [1.54, 1.807) is 0 Å². The van der Waals surface area contributed by atoms with E-state index in [9.17, 15) is 5.21 Å². The number of hydrogen-bond acceptors (Lipinski definition) is 4. The molecule has 0 amide bonds. The number of nitrogens with zero attached hydrogens (tertiary/aromatic N) is 3. The maximum atomic E-state index is 10.4. The van der Waals surface area contributed by atoms with Crippen molar-refractivity contribution in [2.45, 2.75) is 64.1 Å². The molecule has 1 heterocycles. The summed E-state index contributed by atoms with van der Waals surface area (Å²) < 4.78 is 0. The second kappa shape index (κ2) is 6.11. The Kier molecular flexibility index (Phi) is 4.59. The summed E-state index contributed by atoms with van der Waals surface area (Å²) in [6.07, 6.45) is 10.8. The van der Waals surface area contributed by atoms with E-state index in [2.05, 4.69) is 27.8 Å². The van der Waals surface area contributed by atoms with E-state index in [0.29, 0.717) is 12.4 Å². The summed E-state index contributed by atoms with van der Waals surface area (Å²) in [5.74, 6) is 0.421. The monoisotopic (exact) mass is 303 g/mol. The molecule has 1 aliphatic heterocycles. The van der Waals surface area contributed by atoms with Crippen molar-refractivity contribution >= 4 is 5.96 Å². The zero-order valence-electron chi connectivity index (χ0n) is 13.7. The summed E-state index contributed by atoms with van der Waals surface area (Å²) in [4.78, 5) is 4.65. The summed E-state index contributed by atoms with van der Waals surface area (Å²) >= 11 is 0. The quantitative estimate of drug-likeness (QED) is 0.315. The molecular weight excluding hydrogens is 278 g/mol. The molecule has 2 aliphatic rings. The molecule has 3 N–H and O–H groups in total. The van der Waals surface area contributed by atoms with Crippen LogP contribution in [0, 0.1) is 11.5 Å². The molecule has 0 aromatic carbocycles. The topological polar surface area (TPSA) is 83.7 Å². The average molecular weight is 303 g/mol. The normalized spacial score (nSPS) is 27.2. The lowest BCUT2D eigenvalue weighted by Crippen LogP contribution is -2.48. The summed E-state index contributed by atoms with van der Waals surface area (Å²) in [5.41, 5.74) is 0.0905. The number of hydroxylamine groups is 2. The standard InChI is InChI=1S/C16H25N5O/c1-15(2)10-13(16(3,4)21(15)22)20-14(18-11-17)19-12-8-6-5-7-9-12/h6,8-9,13,22H,5,7,10H2,1-4H3,(H2,18,19,20). The number of allylic oxidation sites excluding steroid dienone is 3. The molecule has 1 atom stereocenters. The van der Waals surface area contributed by atoms with Gasteiger partial charge in [-0.05, 0) is 53.0 Å². The van der Waals surface area contributed by atoms with Crippen molar-refractivity contribution in [3.05, 3.63) is 23.9 Å². The average Bonchev–Trinajstić information content (AvgIpc) is 2.60. The number of nitrogens with one attached hydrogen (secondary N) is 2. The fourth-order valence-corrected chi connectivity index (χ4v) is 3.08. The van der Waals surface area contributed by atoms with Crippen LogP contribution in [-0.4, -0.2) is 33.3 Å². The van der Waals surface area contributed by atoms with Crippen LogP contribution < -0.4 is 10.6 Å². The van der Waals surface area contributed by atoms with E-state index in [1.165, 1.54) is 5.06 Å². The van der Waals surface area contributed by atoms with Gasteiger partial charge in [0.15, 0.2) is 6.19 Å². The first-order valence-corrected chi connectivity index (χ1v) is 7.63. The van der Waals surface area contributed by atoms with Crippen molar-refractivity contribution in [2.75, 3.05) is 0 Å². The van der Waals surface area contributed by atoms with Crippen molar-refractivity contribution < 1.29 is 5.21 Å². The third-order valence-corrected chi connectivity index (χ3v) is 4.34. The largest absolute Gasteiger partial charge is 0.326 e. The van der Waals surface area contributed by atoms with E-state index in [-0.39, 0.29) is 11.6 Å². The Labute approximate surface area is 132 Å². The van der Waals surface area contributed by atoms with Crippen molar-refractivity contribution in [1.82, 2.24) is 15.7 Å². The van der Waals surface area contributed by atoms with Gasteiger partial charge >= 0.3 is 0 Å². The van der Waals surface area contributed by atoms with E-state index < -0.39 is 5.54 Å². The van der Waals surface area contributed by atoms with E-state index in [0.717, 1.165) is 18.5 Å². The Morgan fingerprint density at radius 1 is 1.41 bits per heavy atom. The summed E-state index contributed by atoms with van der Waals surface area (Å²) in [7, 11) is 0. The van der Waals surface area contributed by atoms with Crippen molar-refractivity contribution in [3.63, 3.8) is 0 Å². The zero-order chi connectivity index (χ0) is 16.4. The minimum absolute atomic E-state index is 0.121. The van der Waals surface area contributed by atoms with Crippen molar-refractivity contribution in [1.29, 1.82) is 5.26 Å². The van der Waals surface area contributed by atoms with Gasteiger partial charge in [-0.2, -0.15) is 10.3 Å². The zero-order valence-corrected chi connectivity index (χ0v) is 13.7. The molecule has 0 aromatic heterocycles. The third kappa shape index (κ3) is 3.32. The Balaban J connectivity index is 2.21. The Morgan fingerprint density at radius 3 is 2.64 bits per heavy atom. The van der Waals surface area contributed by atoms with Crippen LogP contribution in [0.5, 0.6) is 0 Å². The van der Waals surface area contributed by atoms with Gasteiger partial charge in [0.1, 0.15) is 0 Å². The molecular formula is C16H25N5O. The highest BCUT2D eigenvalue weighted by atomic mass is 16.5. The van der Waals surface area contributed by atoms with Crippen molar-refractivity contribution in [3.8, 4) is 6.19 Å². The van der Waals surface area contributed by atoms with Gasteiger partial charge in [0.2, 0.25) is 5.96 Å². The van der Waals surface area contributed by atoms with Crippen LogP contribution in [0.1, 0.15) is 47.0 Å². The van der Waals surface area contributed by atoms with Gasteiger partial charge in [-0.1, -0.05) is 12.2 Å². The van der Waals surface area contributed by atoms with E-state index in [4.69, 9.17) is 5.26 Å². The van der Waals surface area contributed by atoms with Crippen LogP contribution >= 0.6 is 0 Å². The predicted octanol–water partition coefficient (Wildman–Crippen LogP) is 2.26. The number of aliphatic imine (C=N–C) groups is 1. The maximum absolute atomic E-state index is 10.4. The fraction of sp³-hybridized carbons (Fsp3) is 0.625. The minimum Gasteiger partial charge on any atom is -0.326 e. The number of nitriles is 1. The predicted molar refractivity (Wildman–Crippen MR) is 86.0 cm³/mol. The number of guanidine groups is 1. The first kappa shape index (κ1) is 16.5. The molecule has 120 valence electrons. The summed E-state index contributed by atoms with van der Waals surface area (Å²) in [6, 6.07) is -0.121. The van der Waals surface area contributed by atoms with E-state index in [1.807, 2.05) is 40.0 Å². The molecule has 1 saturated heterocycles. The highest BCUT2D eigenvalue weighted by molar-refractivity contribution is 5.83. The second-order valence-corrected chi connectivity index (χ2v) is 6.98. The van der Waals surface area contributed by atoms with Gasteiger partial charge < -0.3 is 10.5 Å². The molecule has 6 heteroatoms. The van der Waals surface area contributed by atoms with Crippen LogP contribution in [-0.2, 0) is 0 Å². The highest BCUT2D eigenvalue weighted by Crippen LogP contribution is 2.40. The first-order valence-electron chi connectivity index (χ1n) is 7.63. The molecule has 0 bridgehead atoms. The van der Waals surface area contributed by atoms with E-state index >= 15 is 0 Å². The second-order valence-electron chi connectivity index (χ2n) is 6.98. The lowest BCUT2D eigenvalue weighted by Gasteiger charge is -2.35. The lowest BCUT2D eigenvalue weighted by atomic mass is 9.95. The smallest absolute Gasteiger partial charge is 0.209 e. The van der Waals surface area contributed by atoms with Crippen LogP contribution in [0.25, 0.3) is 0 Å². The lowest BCUT2D eigenvalue weighted by molar-refractivity contribution is -0.193. The Bertz CT molecular complexity index is 553. The molecule has 0 spiro atoms. The van der Waals surface area contributed by atoms with Gasteiger partial charge in [0.25, 0.3) is 0 Å². The van der Waals surface area contributed by atoms with Crippen LogP contribution in [0.15, 0.2) is 28.9 Å². The van der Waals surface area contributed by atoms with Gasteiger partial charge in [0, 0.05) is 11.2 Å². The molecule has 1 aliphatic carbocycles. The van der Waals surface area contributed by atoms with Gasteiger partial charge in [-0.3, -0.25) is 5.32 Å². The molecule has 22 heavy (non-hydrogen) atoms. The van der Waals surface area contributed by atoms with Crippen LogP contribution in [0.4, 0.5) is 0 Å². The summed E-state index contributed by atoms with van der Waals surface area (Å²) in [6.45, 7) is 7.89. The summed E-state index contributed by atoms with van der Waals surface area (Å²) in [5, 5.41) is 26.4. The van der Waals surface area contributed by atoms with Crippen LogP contribution in [0.3, 0.4) is 0 Å². The molecule has 1 fully saturated rings. The molecule has 1 unspecified atom stereocenters. The fourth-order valence-electron chi connectivity index (χ4n) is 3.08. The minimum atomic E-state index is -0.496. The van der Waals surface area contributed by atoms with Crippen LogP contribution in [0.2, 0.25) is 0 Å². The Hall–Kier alpha value is -1.84. The van der Waals surface area contributed by atoms with Crippen molar-refractivity contribution in [2.24, 2.45) is 4.99 Å². The van der Waals surface area contributed by atoms with Gasteiger partial charge in [-0.25, -0.2) is 4.99 Å². The Morgan fingerprint density at radius 2 is 2.14 bits per heavy atom. The number of rotatable bonds is 2. The third-order valence-electron chi connectivity index (χ3n) is 4.34. The maximum Gasteiger partial charge on any atom is 0.209 e. The molecule has 2 rings (SSSR count). The van der Waals surface area contributed by atoms with Gasteiger partial charge in [-0.15, -0.1) is 0 Å². The molecule has 0 saturated carbocycles. The SMILES string of the molecule is CC1(C)CC(N=C(NC#N)NC2=CCCC=C2)C(C)(C)N1O. The molecule has 6 nitrogen and oxygen atoms in total. The van der Waals surface area contributed by atoms with Gasteiger partial charge in [0.05, 0.1) is 11.6 Å². The molecule has 0 radical (unpaired) electrons. The first-order chi connectivity index (χ1) is 10.3.